The lowest BCUT2D eigenvalue weighted by atomic mass is 9.96. The summed E-state index contributed by atoms with van der Waals surface area (Å²) in [4.78, 5) is 11.6. The van der Waals surface area contributed by atoms with Crippen molar-refractivity contribution in [3.8, 4) is 5.75 Å². The largest absolute Gasteiger partial charge is 0.492 e. The first-order valence-corrected chi connectivity index (χ1v) is 12.1. The van der Waals surface area contributed by atoms with Crippen LogP contribution in [0.1, 0.15) is 31.2 Å². The van der Waals surface area contributed by atoms with Crippen molar-refractivity contribution in [2.45, 2.75) is 25.7 Å². The fourth-order valence-electron chi connectivity index (χ4n) is 5.05. The van der Waals surface area contributed by atoms with Crippen LogP contribution in [0.25, 0.3) is 5.70 Å². The molecule has 0 spiro atoms. The number of benzene rings is 1. The smallest absolute Gasteiger partial charge is 0.119 e. The third kappa shape index (κ3) is 6.55. The van der Waals surface area contributed by atoms with Gasteiger partial charge in [-0.3, -0.25) is 9.89 Å². The standard InChI is InChI=1S/C25H39N5O/c1-26-20-25(30-12-2-3-13-30)23-4-6-24(7-5-23)31-19-18-28-14-8-22(9-15-28)21-29-16-10-27-11-17-29/h4-7,20,22,27H,1-3,8-19,21H2/b25-20-. The molecule has 170 valence electrons. The van der Waals surface area contributed by atoms with Gasteiger partial charge in [0.1, 0.15) is 12.4 Å². The molecule has 1 N–H and O–H groups in total. The van der Waals surface area contributed by atoms with Crippen molar-refractivity contribution >= 4 is 12.4 Å². The van der Waals surface area contributed by atoms with Crippen molar-refractivity contribution in [1.29, 1.82) is 0 Å². The van der Waals surface area contributed by atoms with Crippen LogP contribution in [0.4, 0.5) is 0 Å². The minimum atomic E-state index is 0.755. The molecule has 0 radical (unpaired) electrons. The van der Waals surface area contributed by atoms with Gasteiger partial charge < -0.3 is 19.9 Å². The van der Waals surface area contributed by atoms with E-state index in [0.29, 0.717) is 0 Å². The van der Waals surface area contributed by atoms with E-state index in [9.17, 15) is 0 Å². The second-order valence-corrected chi connectivity index (χ2v) is 9.10. The van der Waals surface area contributed by atoms with Gasteiger partial charge in [0.25, 0.3) is 0 Å². The summed E-state index contributed by atoms with van der Waals surface area (Å²) in [5.41, 5.74) is 2.36. The molecule has 0 saturated carbocycles. The number of piperidine rings is 1. The number of hydrogen-bond acceptors (Lipinski definition) is 6. The Morgan fingerprint density at radius 2 is 1.71 bits per heavy atom. The zero-order chi connectivity index (χ0) is 21.3. The fourth-order valence-corrected chi connectivity index (χ4v) is 5.05. The highest BCUT2D eigenvalue weighted by atomic mass is 16.5. The lowest BCUT2D eigenvalue weighted by Crippen LogP contribution is -2.47. The third-order valence-corrected chi connectivity index (χ3v) is 6.92. The van der Waals surface area contributed by atoms with Gasteiger partial charge in [-0.15, -0.1) is 0 Å². The number of aliphatic imine (C=N–C) groups is 1. The van der Waals surface area contributed by atoms with Crippen molar-refractivity contribution in [2.75, 3.05) is 72.1 Å². The second-order valence-electron chi connectivity index (χ2n) is 9.10. The molecule has 0 aliphatic carbocycles. The molecule has 0 bridgehead atoms. The number of rotatable bonds is 9. The monoisotopic (exact) mass is 425 g/mol. The van der Waals surface area contributed by atoms with E-state index in [0.717, 1.165) is 51.0 Å². The number of ether oxygens (including phenoxy) is 1. The normalized spacial score (nSPS) is 22.1. The Kier molecular flexibility index (Phi) is 8.38. The SMILES string of the molecule is C=N/C=C(/c1ccc(OCCN2CCC(CN3CCNCC3)CC2)cc1)N1CCCC1. The summed E-state index contributed by atoms with van der Waals surface area (Å²) in [6, 6.07) is 8.46. The number of piperazine rings is 1. The molecule has 3 aliphatic heterocycles. The van der Waals surface area contributed by atoms with Crippen LogP contribution in [0.3, 0.4) is 0 Å². The van der Waals surface area contributed by atoms with E-state index in [2.05, 4.69) is 56.0 Å². The predicted molar refractivity (Wildman–Crippen MR) is 129 cm³/mol. The molecule has 4 rings (SSSR count). The molecular weight excluding hydrogens is 386 g/mol. The molecule has 6 heteroatoms. The number of nitrogens with zero attached hydrogens (tertiary/aromatic N) is 4. The second kappa shape index (κ2) is 11.7. The molecule has 6 nitrogen and oxygen atoms in total. The Morgan fingerprint density at radius 1 is 1.00 bits per heavy atom. The third-order valence-electron chi connectivity index (χ3n) is 6.92. The van der Waals surface area contributed by atoms with Gasteiger partial charge >= 0.3 is 0 Å². The first-order valence-electron chi connectivity index (χ1n) is 12.1. The molecule has 3 heterocycles. The Balaban J connectivity index is 1.17. The van der Waals surface area contributed by atoms with Crippen molar-refractivity contribution < 1.29 is 4.74 Å². The number of likely N-dealkylation sites (tertiary alicyclic amines) is 2. The molecular formula is C25H39N5O. The van der Waals surface area contributed by atoms with Crippen LogP contribution >= 0.6 is 0 Å². The number of hydrogen-bond donors (Lipinski definition) is 1. The maximum Gasteiger partial charge on any atom is 0.119 e. The first kappa shape index (κ1) is 22.3. The van der Waals surface area contributed by atoms with E-state index >= 15 is 0 Å². The van der Waals surface area contributed by atoms with Gasteiger partial charge in [-0.1, -0.05) is 0 Å². The van der Waals surface area contributed by atoms with Gasteiger partial charge in [0.2, 0.25) is 0 Å². The summed E-state index contributed by atoms with van der Waals surface area (Å²) < 4.78 is 6.05. The fraction of sp³-hybridized carbons (Fsp3) is 0.640. The molecule has 0 atom stereocenters. The predicted octanol–water partition coefficient (Wildman–Crippen LogP) is 2.78. The number of nitrogens with one attached hydrogen (secondary N) is 1. The van der Waals surface area contributed by atoms with Crippen LogP contribution in [0, 0.1) is 5.92 Å². The van der Waals surface area contributed by atoms with Crippen LogP contribution in [-0.2, 0) is 0 Å². The van der Waals surface area contributed by atoms with E-state index in [1.54, 1.807) is 0 Å². The minimum Gasteiger partial charge on any atom is -0.492 e. The topological polar surface area (TPSA) is 43.3 Å². The molecule has 1 aromatic carbocycles. The van der Waals surface area contributed by atoms with Crippen molar-refractivity contribution in [1.82, 2.24) is 20.0 Å². The molecule has 0 amide bonds. The first-order chi connectivity index (χ1) is 15.3. The van der Waals surface area contributed by atoms with Gasteiger partial charge in [0, 0.05) is 52.4 Å². The Bertz CT molecular complexity index is 699. The average Bonchev–Trinajstić information content (AvgIpc) is 3.35. The zero-order valence-electron chi connectivity index (χ0n) is 19.0. The molecule has 3 aliphatic rings. The maximum absolute atomic E-state index is 6.05. The Morgan fingerprint density at radius 3 is 2.39 bits per heavy atom. The molecule has 3 fully saturated rings. The van der Waals surface area contributed by atoms with Gasteiger partial charge in [-0.25, -0.2) is 0 Å². The van der Waals surface area contributed by atoms with Crippen LogP contribution in [0.2, 0.25) is 0 Å². The highest BCUT2D eigenvalue weighted by Gasteiger charge is 2.22. The Hall–Kier alpha value is -1.89. The van der Waals surface area contributed by atoms with E-state index in [1.807, 2.05) is 6.20 Å². The summed E-state index contributed by atoms with van der Waals surface area (Å²) in [5, 5.41) is 3.45. The minimum absolute atomic E-state index is 0.755. The lowest BCUT2D eigenvalue weighted by molar-refractivity contribution is 0.123. The zero-order valence-corrected chi connectivity index (χ0v) is 19.0. The van der Waals surface area contributed by atoms with E-state index in [1.165, 1.54) is 69.7 Å². The van der Waals surface area contributed by atoms with Gasteiger partial charge in [-0.05, 0) is 81.2 Å². The summed E-state index contributed by atoms with van der Waals surface area (Å²) in [6.07, 6.45) is 7.03. The van der Waals surface area contributed by atoms with Crippen molar-refractivity contribution in [3.05, 3.63) is 36.0 Å². The van der Waals surface area contributed by atoms with Crippen molar-refractivity contribution in [3.63, 3.8) is 0 Å². The Labute approximate surface area is 187 Å². The molecule has 0 unspecified atom stereocenters. The van der Waals surface area contributed by atoms with Crippen LogP contribution in [-0.4, -0.2) is 93.5 Å². The molecule has 0 aromatic heterocycles. The molecule has 31 heavy (non-hydrogen) atoms. The highest BCUT2D eigenvalue weighted by molar-refractivity contribution is 5.65. The van der Waals surface area contributed by atoms with Crippen molar-refractivity contribution in [2.24, 2.45) is 10.9 Å². The average molecular weight is 426 g/mol. The van der Waals surface area contributed by atoms with Gasteiger partial charge in [0.05, 0.1) is 11.9 Å². The van der Waals surface area contributed by atoms with Crippen LogP contribution < -0.4 is 10.1 Å². The summed E-state index contributed by atoms with van der Waals surface area (Å²) in [7, 11) is 0. The van der Waals surface area contributed by atoms with E-state index in [4.69, 9.17) is 4.74 Å². The molecule has 1 aromatic rings. The van der Waals surface area contributed by atoms with Crippen LogP contribution in [0.15, 0.2) is 35.5 Å². The summed E-state index contributed by atoms with van der Waals surface area (Å²) in [6.45, 7) is 16.1. The van der Waals surface area contributed by atoms with E-state index in [-0.39, 0.29) is 0 Å². The summed E-state index contributed by atoms with van der Waals surface area (Å²) >= 11 is 0. The lowest BCUT2D eigenvalue weighted by Gasteiger charge is -2.36. The maximum atomic E-state index is 6.05. The van der Waals surface area contributed by atoms with Gasteiger partial charge in [-0.2, -0.15) is 0 Å². The molecule has 3 saturated heterocycles. The van der Waals surface area contributed by atoms with Gasteiger partial charge in [0.15, 0.2) is 0 Å². The van der Waals surface area contributed by atoms with E-state index < -0.39 is 0 Å². The highest BCUT2D eigenvalue weighted by Crippen LogP contribution is 2.26. The van der Waals surface area contributed by atoms with Crippen LogP contribution in [0.5, 0.6) is 5.75 Å². The summed E-state index contributed by atoms with van der Waals surface area (Å²) in [5.74, 6) is 1.82. The quantitative estimate of drug-likeness (QED) is 0.617.